The first kappa shape index (κ1) is 16.7. The van der Waals surface area contributed by atoms with Crippen molar-refractivity contribution in [3.05, 3.63) is 102 Å². The topological polar surface area (TPSA) is 3.24 Å². The predicted octanol–water partition coefficient (Wildman–Crippen LogP) is 3.44. The second-order valence-corrected chi connectivity index (χ2v) is 7.49. The van der Waals surface area contributed by atoms with Gasteiger partial charge in [-0.05, 0) is 23.6 Å². The lowest BCUT2D eigenvalue weighted by atomic mass is 10.0. The molecule has 0 aliphatic carbocycles. The minimum Gasteiger partial charge on any atom is -0.288 e. The molecule has 1 unspecified atom stereocenters. The lowest BCUT2D eigenvalue weighted by molar-refractivity contribution is 0.193. The molecule has 0 fully saturated rings. The van der Waals surface area contributed by atoms with Gasteiger partial charge in [0.05, 0.1) is 0 Å². The van der Waals surface area contributed by atoms with Crippen molar-refractivity contribution >= 4 is 15.4 Å². The van der Waals surface area contributed by atoms with Crippen LogP contribution in [0.4, 0.5) is 0 Å². The Balaban J connectivity index is 1.87. The largest absolute Gasteiger partial charge is 0.288 e. The number of rotatable bonds is 6. The standard InChI is InChI=1S/C22H25NSi/c1-18(21-14-8-9-15-22(21)24)23(16-19-10-4-2-5-11-19)17-20-12-6-3-7-13-20/h2-15,18H,16-17H2,1,24H3. The van der Waals surface area contributed by atoms with Crippen molar-refractivity contribution in [2.75, 3.05) is 0 Å². The van der Waals surface area contributed by atoms with E-state index in [1.165, 1.54) is 21.9 Å². The Kier molecular flexibility index (Phi) is 5.62. The van der Waals surface area contributed by atoms with Crippen LogP contribution in [0.25, 0.3) is 0 Å². The minimum absolute atomic E-state index is 0.402. The van der Waals surface area contributed by atoms with Gasteiger partial charge in [-0.15, -0.1) is 0 Å². The van der Waals surface area contributed by atoms with Gasteiger partial charge in [0, 0.05) is 29.4 Å². The van der Waals surface area contributed by atoms with Crippen LogP contribution in [0.3, 0.4) is 0 Å². The average molecular weight is 332 g/mol. The summed E-state index contributed by atoms with van der Waals surface area (Å²) in [4.78, 5) is 2.57. The van der Waals surface area contributed by atoms with Crippen LogP contribution >= 0.6 is 0 Å². The summed E-state index contributed by atoms with van der Waals surface area (Å²) in [6.07, 6.45) is 0. The van der Waals surface area contributed by atoms with Crippen LogP contribution in [0, 0.1) is 0 Å². The summed E-state index contributed by atoms with van der Waals surface area (Å²) in [5, 5.41) is 1.50. The van der Waals surface area contributed by atoms with E-state index in [4.69, 9.17) is 0 Å². The van der Waals surface area contributed by atoms with E-state index < -0.39 is 0 Å². The first-order valence-corrected chi connectivity index (χ1v) is 9.61. The minimum atomic E-state index is 0.402. The molecule has 0 aromatic heterocycles. The molecule has 0 bridgehead atoms. The summed E-state index contributed by atoms with van der Waals surface area (Å²) >= 11 is 0. The van der Waals surface area contributed by atoms with Gasteiger partial charge in [-0.1, -0.05) is 90.1 Å². The van der Waals surface area contributed by atoms with Crippen molar-refractivity contribution in [2.45, 2.75) is 26.1 Å². The summed E-state index contributed by atoms with van der Waals surface area (Å²) in [7, 11) is 1.09. The second kappa shape index (κ2) is 8.09. The molecule has 2 heteroatoms. The first-order valence-electron chi connectivity index (χ1n) is 8.61. The van der Waals surface area contributed by atoms with Gasteiger partial charge in [-0.2, -0.15) is 0 Å². The SMILES string of the molecule is CC(c1ccccc1[SiH3])N(Cc1ccccc1)Cc1ccccc1. The second-order valence-electron chi connectivity index (χ2n) is 6.41. The molecule has 0 spiro atoms. The van der Waals surface area contributed by atoms with E-state index in [2.05, 4.69) is 96.8 Å². The molecule has 3 rings (SSSR count). The molecule has 1 atom stereocenters. The van der Waals surface area contributed by atoms with Crippen molar-refractivity contribution in [3.8, 4) is 0 Å². The maximum Gasteiger partial charge on any atom is 0.0389 e. The summed E-state index contributed by atoms with van der Waals surface area (Å²) in [6.45, 7) is 4.27. The zero-order valence-corrected chi connectivity index (χ0v) is 16.5. The molecular formula is C22H25NSi. The van der Waals surface area contributed by atoms with E-state index in [9.17, 15) is 0 Å². The van der Waals surface area contributed by atoms with Gasteiger partial charge in [0.2, 0.25) is 0 Å². The summed E-state index contributed by atoms with van der Waals surface area (Å²) in [5.74, 6) is 0. The van der Waals surface area contributed by atoms with E-state index in [1.807, 2.05) is 0 Å². The first-order chi connectivity index (χ1) is 11.7. The smallest absolute Gasteiger partial charge is 0.0389 e. The molecule has 0 radical (unpaired) electrons. The zero-order chi connectivity index (χ0) is 16.8. The van der Waals surface area contributed by atoms with E-state index in [-0.39, 0.29) is 0 Å². The highest BCUT2D eigenvalue weighted by Gasteiger charge is 2.17. The molecule has 0 aliphatic rings. The molecule has 3 aromatic carbocycles. The highest BCUT2D eigenvalue weighted by atomic mass is 28.1. The van der Waals surface area contributed by atoms with Crippen molar-refractivity contribution in [3.63, 3.8) is 0 Å². The molecule has 24 heavy (non-hydrogen) atoms. The van der Waals surface area contributed by atoms with Crippen LogP contribution in [0.15, 0.2) is 84.9 Å². The molecule has 3 aromatic rings. The normalized spacial score (nSPS) is 12.4. The number of benzene rings is 3. The van der Waals surface area contributed by atoms with Crippen molar-refractivity contribution < 1.29 is 0 Å². The summed E-state index contributed by atoms with van der Waals surface area (Å²) in [6, 6.07) is 30.8. The van der Waals surface area contributed by atoms with Gasteiger partial charge in [0.15, 0.2) is 0 Å². The fraction of sp³-hybridized carbons (Fsp3) is 0.182. The molecule has 0 aliphatic heterocycles. The number of hydrogen-bond acceptors (Lipinski definition) is 1. The van der Waals surface area contributed by atoms with Gasteiger partial charge in [0.25, 0.3) is 0 Å². The Hall–Kier alpha value is -2.16. The third kappa shape index (κ3) is 4.22. The molecular weight excluding hydrogens is 306 g/mol. The Morgan fingerprint density at radius 3 is 1.67 bits per heavy atom. The van der Waals surface area contributed by atoms with Crippen LogP contribution < -0.4 is 5.19 Å². The van der Waals surface area contributed by atoms with E-state index >= 15 is 0 Å². The Bertz CT molecular complexity index is 714. The number of nitrogens with zero attached hydrogens (tertiary/aromatic N) is 1. The van der Waals surface area contributed by atoms with Crippen LogP contribution in [-0.4, -0.2) is 15.1 Å². The Morgan fingerprint density at radius 2 is 1.17 bits per heavy atom. The lowest BCUT2D eigenvalue weighted by Crippen LogP contribution is -2.29. The van der Waals surface area contributed by atoms with E-state index in [1.54, 1.807) is 0 Å². The number of hydrogen-bond donors (Lipinski definition) is 0. The van der Waals surface area contributed by atoms with Crippen LogP contribution in [0.1, 0.15) is 29.7 Å². The van der Waals surface area contributed by atoms with Gasteiger partial charge in [-0.3, -0.25) is 4.90 Å². The third-order valence-electron chi connectivity index (χ3n) is 4.64. The third-order valence-corrected chi connectivity index (χ3v) is 5.55. The zero-order valence-electron chi connectivity index (χ0n) is 14.5. The van der Waals surface area contributed by atoms with E-state index in [0.717, 1.165) is 23.3 Å². The molecule has 1 nitrogen and oxygen atoms in total. The van der Waals surface area contributed by atoms with Crippen LogP contribution in [0.5, 0.6) is 0 Å². The van der Waals surface area contributed by atoms with Crippen molar-refractivity contribution in [1.29, 1.82) is 0 Å². The quantitative estimate of drug-likeness (QED) is 0.626. The fourth-order valence-corrected chi connectivity index (χ4v) is 3.99. The maximum absolute atomic E-state index is 2.57. The summed E-state index contributed by atoms with van der Waals surface area (Å²) < 4.78 is 0. The Morgan fingerprint density at radius 1 is 0.708 bits per heavy atom. The average Bonchev–Trinajstić information content (AvgIpc) is 2.63. The van der Waals surface area contributed by atoms with Crippen molar-refractivity contribution in [1.82, 2.24) is 4.90 Å². The lowest BCUT2D eigenvalue weighted by Gasteiger charge is -2.31. The highest BCUT2D eigenvalue weighted by molar-refractivity contribution is 6.33. The fourth-order valence-electron chi connectivity index (χ4n) is 3.22. The molecule has 0 heterocycles. The summed E-state index contributed by atoms with van der Waals surface area (Å²) in [5.41, 5.74) is 4.20. The molecule has 0 N–H and O–H groups in total. The van der Waals surface area contributed by atoms with Gasteiger partial charge < -0.3 is 0 Å². The molecule has 0 saturated heterocycles. The molecule has 0 saturated carbocycles. The monoisotopic (exact) mass is 331 g/mol. The van der Waals surface area contributed by atoms with Crippen LogP contribution in [-0.2, 0) is 13.1 Å². The Labute approximate surface area is 148 Å². The molecule has 0 amide bonds. The van der Waals surface area contributed by atoms with Crippen molar-refractivity contribution in [2.24, 2.45) is 0 Å². The van der Waals surface area contributed by atoms with E-state index in [0.29, 0.717) is 6.04 Å². The van der Waals surface area contributed by atoms with Crippen LogP contribution in [0.2, 0.25) is 0 Å². The predicted molar refractivity (Wildman–Crippen MR) is 107 cm³/mol. The van der Waals surface area contributed by atoms with Gasteiger partial charge >= 0.3 is 0 Å². The highest BCUT2D eigenvalue weighted by Crippen LogP contribution is 2.23. The van der Waals surface area contributed by atoms with Gasteiger partial charge in [-0.25, -0.2) is 0 Å². The maximum atomic E-state index is 2.57. The van der Waals surface area contributed by atoms with Gasteiger partial charge in [0.1, 0.15) is 0 Å². The molecule has 122 valence electrons.